The maximum atomic E-state index is 5.96. The van der Waals surface area contributed by atoms with Crippen molar-refractivity contribution in [2.24, 2.45) is 11.7 Å². The molecule has 1 aromatic heterocycles. The maximum Gasteiger partial charge on any atom is 0.243 e. The van der Waals surface area contributed by atoms with Gasteiger partial charge in [0, 0.05) is 0 Å². The number of nitrogens with zero attached hydrogens (tertiary/aromatic N) is 2. The van der Waals surface area contributed by atoms with Crippen LogP contribution in [0.4, 0.5) is 0 Å². The standard InChI is InChI=1S/C11H21N3OS/c1-4-5-16-7-10-13-11(15-14-10)9(12)6-8(2)3/h8-9H,4-7,12H2,1-3H3/t9-/m1/s1. The Morgan fingerprint density at radius 3 is 2.81 bits per heavy atom. The van der Waals surface area contributed by atoms with E-state index >= 15 is 0 Å². The number of hydrogen-bond donors (Lipinski definition) is 1. The van der Waals surface area contributed by atoms with Crippen molar-refractivity contribution in [3.8, 4) is 0 Å². The molecule has 92 valence electrons. The number of nitrogens with two attached hydrogens (primary N) is 1. The first-order chi connectivity index (χ1) is 7.63. The summed E-state index contributed by atoms with van der Waals surface area (Å²) in [6, 6.07) is -0.127. The van der Waals surface area contributed by atoms with Gasteiger partial charge in [0.05, 0.1) is 11.8 Å². The van der Waals surface area contributed by atoms with Crippen LogP contribution in [0.2, 0.25) is 0 Å². The molecule has 0 saturated carbocycles. The van der Waals surface area contributed by atoms with Crippen LogP contribution >= 0.6 is 11.8 Å². The molecular formula is C11H21N3OS. The van der Waals surface area contributed by atoms with Gasteiger partial charge in [0.2, 0.25) is 5.89 Å². The van der Waals surface area contributed by atoms with Crippen molar-refractivity contribution in [2.75, 3.05) is 5.75 Å². The van der Waals surface area contributed by atoms with Crippen LogP contribution in [0.15, 0.2) is 4.52 Å². The molecule has 16 heavy (non-hydrogen) atoms. The van der Waals surface area contributed by atoms with Gasteiger partial charge in [0.15, 0.2) is 5.82 Å². The highest BCUT2D eigenvalue weighted by Crippen LogP contribution is 2.18. The average Bonchev–Trinajstić information content (AvgIpc) is 2.66. The Labute approximate surface area is 101 Å². The van der Waals surface area contributed by atoms with E-state index in [1.54, 1.807) is 0 Å². The summed E-state index contributed by atoms with van der Waals surface area (Å²) < 4.78 is 5.16. The minimum Gasteiger partial charge on any atom is -0.338 e. The van der Waals surface area contributed by atoms with Gasteiger partial charge in [-0.05, 0) is 24.5 Å². The molecule has 0 saturated heterocycles. The topological polar surface area (TPSA) is 64.9 Å². The Hall–Kier alpha value is -0.550. The lowest BCUT2D eigenvalue weighted by molar-refractivity contribution is 0.333. The fraction of sp³-hybridized carbons (Fsp3) is 0.818. The zero-order valence-corrected chi connectivity index (χ0v) is 11.1. The summed E-state index contributed by atoms with van der Waals surface area (Å²) in [5.41, 5.74) is 5.96. The number of thioether (sulfide) groups is 1. The van der Waals surface area contributed by atoms with Crippen LogP contribution in [-0.4, -0.2) is 15.9 Å². The second-order valence-electron chi connectivity index (χ2n) is 4.34. The zero-order valence-electron chi connectivity index (χ0n) is 10.3. The number of aromatic nitrogens is 2. The minimum absolute atomic E-state index is 0.127. The fourth-order valence-corrected chi connectivity index (χ4v) is 2.13. The highest BCUT2D eigenvalue weighted by Gasteiger charge is 2.15. The molecule has 0 amide bonds. The van der Waals surface area contributed by atoms with Crippen LogP contribution in [0, 0.1) is 5.92 Å². The summed E-state index contributed by atoms with van der Waals surface area (Å²) in [4.78, 5) is 4.31. The third-order valence-corrected chi connectivity index (χ3v) is 3.27. The van der Waals surface area contributed by atoms with E-state index in [9.17, 15) is 0 Å². The lowest BCUT2D eigenvalue weighted by Gasteiger charge is -2.08. The number of rotatable bonds is 7. The molecule has 1 heterocycles. The monoisotopic (exact) mass is 243 g/mol. The van der Waals surface area contributed by atoms with Crippen molar-refractivity contribution in [3.05, 3.63) is 11.7 Å². The van der Waals surface area contributed by atoms with Crippen molar-refractivity contribution >= 4 is 11.8 Å². The van der Waals surface area contributed by atoms with Gasteiger partial charge >= 0.3 is 0 Å². The first-order valence-electron chi connectivity index (χ1n) is 5.79. The molecule has 0 radical (unpaired) electrons. The predicted octanol–water partition coefficient (Wildman–Crippen LogP) is 2.76. The summed E-state index contributed by atoms with van der Waals surface area (Å²) >= 11 is 1.82. The highest BCUT2D eigenvalue weighted by molar-refractivity contribution is 7.98. The zero-order chi connectivity index (χ0) is 12.0. The normalized spacial score (nSPS) is 13.3. The molecule has 4 nitrogen and oxygen atoms in total. The summed E-state index contributed by atoms with van der Waals surface area (Å²) in [5.74, 6) is 3.81. The predicted molar refractivity (Wildman–Crippen MR) is 67.1 cm³/mol. The Kier molecular flexibility index (Phi) is 5.84. The molecule has 0 aliphatic rings. The fourth-order valence-electron chi connectivity index (χ4n) is 1.39. The lowest BCUT2D eigenvalue weighted by atomic mass is 10.0. The molecule has 1 atom stereocenters. The van der Waals surface area contributed by atoms with E-state index in [0.717, 1.165) is 23.8 Å². The SMILES string of the molecule is CCCSCc1noc([C@H](N)CC(C)C)n1. The lowest BCUT2D eigenvalue weighted by Crippen LogP contribution is -2.13. The molecule has 0 unspecified atom stereocenters. The Morgan fingerprint density at radius 2 is 2.19 bits per heavy atom. The number of hydrogen-bond acceptors (Lipinski definition) is 5. The summed E-state index contributed by atoms with van der Waals surface area (Å²) in [7, 11) is 0. The molecule has 0 bridgehead atoms. The first kappa shape index (κ1) is 13.5. The van der Waals surface area contributed by atoms with Gasteiger partial charge in [0.25, 0.3) is 0 Å². The van der Waals surface area contributed by atoms with E-state index in [-0.39, 0.29) is 6.04 Å². The molecule has 1 rings (SSSR count). The van der Waals surface area contributed by atoms with Gasteiger partial charge < -0.3 is 10.3 Å². The van der Waals surface area contributed by atoms with Gasteiger partial charge in [-0.3, -0.25) is 0 Å². The third kappa shape index (κ3) is 4.53. The van der Waals surface area contributed by atoms with Crippen molar-refractivity contribution in [1.29, 1.82) is 0 Å². The van der Waals surface area contributed by atoms with Crippen LogP contribution in [0.25, 0.3) is 0 Å². The molecule has 0 spiro atoms. The van der Waals surface area contributed by atoms with Gasteiger partial charge in [0.1, 0.15) is 0 Å². The molecule has 0 aromatic carbocycles. The van der Waals surface area contributed by atoms with E-state index in [2.05, 4.69) is 30.9 Å². The first-order valence-corrected chi connectivity index (χ1v) is 6.94. The second-order valence-corrected chi connectivity index (χ2v) is 5.44. The smallest absolute Gasteiger partial charge is 0.243 e. The van der Waals surface area contributed by atoms with Crippen molar-refractivity contribution < 1.29 is 4.52 Å². The highest BCUT2D eigenvalue weighted by atomic mass is 32.2. The molecule has 1 aromatic rings. The van der Waals surface area contributed by atoms with Crippen LogP contribution in [-0.2, 0) is 5.75 Å². The minimum atomic E-state index is -0.127. The Balaban J connectivity index is 2.44. The van der Waals surface area contributed by atoms with Crippen molar-refractivity contribution in [2.45, 2.75) is 45.4 Å². The van der Waals surface area contributed by atoms with Crippen LogP contribution in [0.3, 0.4) is 0 Å². The van der Waals surface area contributed by atoms with E-state index < -0.39 is 0 Å². The molecule has 0 aliphatic heterocycles. The summed E-state index contributed by atoms with van der Waals surface area (Å²) in [5, 5.41) is 3.93. The second kappa shape index (κ2) is 6.91. The van der Waals surface area contributed by atoms with Crippen molar-refractivity contribution in [1.82, 2.24) is 10.1 Å². The Morgan fingerprint density at radius 1 is 1.44 bits per heavy atom. The van der Waals surface area contributed by atoms with Crippen LogP contribution < -0.4 is 5.73 Å². The molecule has 5 heteroatoms. The van der Waals surface area contributed by atoms with Gasteiger partial charge in [-0.2, -0.15) is 16.7 Å². The van der Waals surface area contributed by atoms with E-state index in [4.69, 9.17) is 10.3 Å². The molecule has 0 fully saturated rings. The van der Waals surface area contributed by atoms with Gasteiger partial charge in [-0.1, -0.05) is 25.9 Å². The quantitative estimate of drug-likeness (QED) is 0.746. The largest absolute Gasteiger partial charge is 0.338 e. The van der Waals surface area contributed by atoms with Crippen molar-refractivity contribution in [3.63, 3.8) is 0 Å². The van der Waals surface area contributed by atoms with Crippen LogP contribution in [0.5, 0.6) is 0 Å². The average molecular weight is 243 g/mol. The van der Waals surface area contributed by atoms with Crippen LogP contribution in [0.1, 0.15) is 51.4 Å². The molecular weight excluding hydrogens is 222 g/mol. The summed E-state index contributed by atoms with van der Waals surface area (Å²) in [6.07, 6.45) is 2.05. The molecule has 0 aliphatic carbocycles. The molecule has 2 N–H and O–H groups in total. The maximum absolute atomic E-state index is 5.96. The third-order valence-electron chi connectivity index (χ3n) is 2.11. The van der Waals surface area contributed by atoms with E-state index in [1.807, 2.05) is 11.8 Å². The van der Waals surface area contributed by atoms with Gasteiger partial charge in [-0.25, -0.2) is 0 Å². The summed E-state index contributed by atoms with van der Waals surface area (Å²) in [6.45, 7) is 6.43. The van der Waals surface area contributed by atoms with E-state index in [1.165, 1.54) is 6.42 Å². The van der Waals surface area contributed by atoms with E-state index in [0.29, 0.717) is 11.8 Å². The van der Waals surface area contributed by atoms with Gasteiger partial charge in [-0.15, -0.1) is 0 Å². The Bertz CT molecular complexity index is 301.